The Labute approximate surface area is 155 Å². The predicted octanol–water partition coefficient (Wildman–Crippen LogP) is 3.42. The Morgan fingerprint density at radius 1 is 1.27 bits per heavy atom. The number of carbonyl (C=O) groups is 1. The lowest BCUT2D eigenvalue weighted by molar-refractivity contribution is -0.112. The van der Waals surface area contributed by atoms with E-state index < -0.39 is 0 Å². The molecule has 0 spiro atoms. The van der Waals surface area contributed by atoms with Crippen LogP contribution in [0.5, 0.6) is 11.5 Å². The lowest BCUT2D eigenvalue weighted by Gasteiger charge is -2.13. The molecule has 0 saturated carbocycles. The molecule has 0 atom stereocenters. The van der Waals surface area contributed by atoms with Crippen LogP contribution in [0.25, 0.3) is 0 Å². The normalized spacial score (nSPS) is 16.6. The lowest BCUT2D eigenvalue weighted by atomic mass is 10.1. The number of benzene rings is 2. The van der Waals surface area contributed by atoms with Gasteiger partial charge in [-0.3, -0.25) is 4.79 Å². The van der Waals surface area contributed by atoms with E-state index in [1.54, 1.807) is 23.1 Å². The first-order chi connectivity index (χ1) is 12.7. The molecule has 1 amide bonds. The molecule has 6 nitrogen and oxygen atoms in total. The Morgan fingerprint density at radius 2 is 2.12 bits per heavy atom. The average molecular weight is 368 g/mol. The second-order valence-electron chi connectivity index (χ2n) is 5.65. The molecular formula is C19H14ClN3O3. The number of carbonyl (C=O) groups excluding carboxylic acids is 1. The molecular weight excluding hydrogens is 354 g/mol. The zero-order valence-corrected chi connectivity index (χ0v) is 14.4. The molecule has 4 rings (SSSR count). The summed E-state index contributed by atoms with van der Waals surface area (Å²) < 4.78 is 10.6. The van der Waals surface area contributed by atoms with Crippen molar-refractivity contribution in [3.8, 4) is 11.5 Å². The predicted molar refractivity (Wildman–Crippen MR) is 101 cm³/mol. The summed E-state index contributed by atoms with van der Waals surface area (Å²) in [4.78, 5) is 14.2. The van der Waals surface area contributed by atoms with Gasteiger partial charge in [-0.15, -0.1) is 11.7 Å². The van der Waals surface area contributed by atoms with Crippen molar-refractivity contribution < 1.29 is 14.3 Å². The average Bonchev–Trinajstić information content (AvgIpc) is 3.21. The summed E-state index contributed by atoms with van der Waals surface area (Å²) in [5.74, 6) is 0.883. The van der Waals surface area contributed by atoms with Crippen molar-refractivity contribution in [1.82, 2.24) is 0 Å². The Morgan fingerprint density at radius 3 is 2.96 bits per heavy atom. The van der Waals surface area contributed by atoms with E-state index >= 15 is 0 Å². The van der Waals surface area contributed by atoms with Crippen molar-refractivity contribution in [2.24, 2.45) is 10.2 Å². The fourth-order valence-corrected chi connectivity index (χ4v) is 3.16. The molecule has 2 aliphatic rings. The van der Waals surface area contributed by atoms with Crippen LogP contribution in [0, 0.1) is 0 Å². The number of anilines is 1. The second kappa shape index (κ2) is 6.65. The summed E-state index contributed by atoms with van der Waals surface area (Å²) in [5, 5.41) is 8.65. The van der Waals surface area contributed by atoms with E-state index in [2.05, 4.69) is 16.8 Å². The summed E-state index contributed by atoms with van der Waals surface area (Å²) in [6.45, 7) is 4.25. The van der Waals surface area contributed by atoms with Crippen molar-refractivity contribution in [1.29, 1.82) is 0 Å². The number of halogens is 1. The fourth-order valence-electron chi connectivity index (χ4n) is 2.88. The van der Waals surface area contributed by atoms with Gasteiger partial charge in [0.15, 0.2) is 17.2 Å². The minimum Gasteiger partial charge on any atom is -0.454 e. The number of rotatable bonds is 4. The molecule has 0 aliphatic carbocycles. The van der Waals surface area contributed by atoms with Crippen LogP contribution >= 0.6 is 11.6 Å². The van der Waals surface area contributed by atoms with Gasteiger partial charge >= 0.3 is 0 Å². The zero-order chi connectivity index (χ0) is 18.1. The summed E-state index contributed by atoms with van der Waals surface area (Å²) in [5.41, 5.74) is 2.55. The molecule has 0 unspecified atom stereocenters. The molecule has 0 aromatic heterocycles. The SMILES string of the molecule is C=CCN1C(=O)/C(=N\N=C/c2cc(Cl)c3c(c2)OCO3)c2ccccc21. The van der Waals surface area contributed by atoms with E-state index in [9.17, 15) is 4.79 Å². The van der Waals surface area contributed by atoms with Gasteiger partial charge in [0.1, 0.15) is 0 Å². The van der Waals surface area contributed by atoms with E-state index in [1.807, 2.05) is 24.3 Å². The number of ether oxygens (including phenoxy) is 2. The number of hydrogen-bond donors (Lipinski definition) is 0. The molecule has 0 saturated heterocycles. The van der Waals surface area contributed by atoms with E-state index in [0.717, 1.165) is 11.3 Å². The molecule has 0 N–H and O–H groups in total. The fraction of sp³-hybridized carbons (Fsp3) is 0.105. The Kier molecular flexibility index (Phi) is 4.18. The third-order valence-electron chi connectivity index (χ3n) is 4.02. The van der Waals surface area contributed by atoms with Crippen molar-refractivity contribution >= 4 is 35.1 Å². The van der Waals surface area contributed by atoms with Crippen LogP contribution in [0.1, 0.15) is 11.1 Å². The van der Waals surface area contributed by atoms with Gasteiger partial charge in [0.05, 0.1) is 16.9 Å². The minimum atomic E-state index is -0.202. The van der Waals surface area contributed by atoms with Crippen molar-refractivity contribution in [2.75, 3.05) is 18.2 Å². The highest BCUT2D eigenvalue weighted by molar-refractivity contribution is 6.54. The van der Waals surface area contributed by atoms with Crippen LogP contribution in [-0.4, -0.2) is 31.2 Å². The zero-order valence-electron chi connectivity index (χ0n) is 13.7. The second-order valence-corrected chi connectivity index (χ2v) is 6.06. The van der Waals surface area contributed by atoms with Crippen LogP contribution in [0.15, 0.2) is 59.3 Å². The van der Waals surface area contributed by atoms with Crippen LogP contribution in [0.3, 0.4) is 0 Å². The molecule has 2 aromatic rings. The third kappa shape index (κ3) is 2.74. The largest absolute Gasteiger partial charge is 0.454 e. The van der Waals surface area contributed by atoms with E-state index in [4.69, 9.17) is 21.1 Å². The highest BCUT2D eigenvalue weighted by Gasteiger charge is 2.33. The van der Waals surface area contributed by atoms with Crippen molar-refractivity contribution in [3.63, 3.8) is 0 Å². The monoisotopic (exact) mass is 367 g/mol. The smallest absolute Gasteiger partial charge is 0.279 e. The molecule has 2 heterocycles. The topological polar surface area (TPSA) is 63.5 Å². The number of amides is 1. The van der Waals surface area contributed by atoms with Gasteiger partial charge in [-0.2, -0.15) is 5.10 Å². The molecule has 2 aliphatic heterocycles. The van der Waals surface area contributed by atoms with Gasteiger partial charge in [0.25, 0.3) is 5.91 Å². The maximum atomic E-state index is 12.6. The summed E-state index contributed by atoms with van der Waals surface area (Å²) >= 11 is 6.15. The molecule has 2 aromatic carbocycles. The molecule has 26 heavy (non-hydrogen) atoms. The highest BCUT2D eigenvalue weighted by Crippen LogP contribution is 2.39. The maximum absolute atomic E-state index is 12.6. The van der Waals surface area contributed by atoms with Gasteiger partial charge in [-0.05, 0) is 18.2 Å². The first kappa shape index (κ1) is 16.4. The lowest BCUT2D eigenvalue weighted by Crippen LogP contribution is -2.30. The molecule has 0 bridgehead atoms. The van der Waals surface area contributed by atoms with Gasteiger partial charge in [-0.1, -0.05) is 35.9 Å². The molecule has 0 fully saturated rings. The van der Waals surface area contributed by atoms with Crippen LogP contribution in [-0.2, 0) is 4.79 Å². The highest BCUT2D eigenvalue weighted by atomic mass is 35.5. The molecule has 0 radical (unpaired) electrons. The first-order valence-corrected chi connectivity index (χ1v) is 8.29. The Bertz CT molecular complexity index is 968. The standard InChI is InChI=1S/C19H14ClN3O3/c1-2-7-23-15-6-4-3-5-13(15)17(19(23)24)22-21-10-12-8-14(20)18-16(9-12)25-11-26-18/h2-6,8-10H,1,7,11H2/b21-10-,22-17-. The number of fused-ring (bicyclic) bond motifs is 2. The van der Waals surface area contributed by atoms with Crippen LogP contribution < -0.4 is 14.4 Å². The third-order valence-corrected chi connectivity index (χ3v) is 4.30. The van der Waals surface area contributed by atoms with E-state index in [-0.39, 0.29) is 12.7 Å². The Hall–Kier alpha value is -3.12. The van der Waals surface area contributed by atoms with Crippen LogP contribution in [0.2, 0.25) is 5.02 Å². The first-order valence-electron chi connectivity index (χ1n) is 7.91. The number of nitrogens with zero attached hydrogens (tertiary/aromatic N) is 3. The number of hydrogen-bond acceptors (Lipinski definition) is 5. The van der Waals surface area contributed by atoms with E-state index in [0.29, 0.717) is 34.3 Å². The molecule has 7 heteroatoms. The maximum Gasteiger partial charge on any atom is 0.279 e. The van der Waals surface area contributed by atoms with Crippen LogP contribution in [0.4, 0.5) is 5.69 Å². The van der Waals surface area contributed by atoms with Crippen molar-refractivity contribution in [3.05, 3.63) is 65.2 Å². The summed E-state index contributed by atoms with van der Waals surface area (Å²) in [7, 11) is 0. The van der Waals surface area contributed by atoms with Crippen molar-refractivity contribution in [2.45, 2.75) is 0 Å². The minimum absolute atomic E-state index is 0.141. The summed E-state index contributed by atoms with van der Waals surface area (Å²) in [6.07, 6.45) is 3.20. The number of para-hydroxylation sites is 1. The van der Waals surface area contributed by atoms with Gasteiger partial charge in [0, 0.05) is 17.7 Å². The van der Waals surface area contributed by atoms with Gasteiger partial charge in [0.2, 0.25) is 6.79 Å². The molecule has 130 valence electrons. The summed E-state index contributed by atoms with van der Waals surface area (Å²) in [6, 6.07) is 10.9. The Balaban J connectivity index is 1.65. The van der Waals surface area contributed by atoms with E-state index in [1.165, 1.54) is 6.21 Å². The van der Waals surface area contributed by atoms with Gasteiger partial charge in [-0.25, -0.2) is 0 Å². The van der Waals surface area contributed by atoms with Gasteiger partial charge < -0.3 is 14.4 Å². The quantitative estimate of drug-likeness (QED) is 0.472.